The molecule has 21 heavy (non-hydrogen) atoms. The first-order chi connectivity index (χ1) is 10.1. The molecule has 110 valence electrons. The number of pyridine rings is 1. The Kier molecular flexibility index (Phi) is 4.62. The fourth-order valence-electron chi connectivity index (χ4n) is 1.82. The van der Waals surface area contributed by atoms with Crippen LogP contribution >= 0.6 is 11.6 Å². The van der Waals surface area contributed by atoms with E-state index in [0.717, 1.165) is 5.39 Å². The third-order valence-corrected chi connectivity index (χ3v) is 3.06. The molecule has 0 aliphatic carbocycles. The first-order valence-corrected chi connectivity index (χ1v) is 6.64. The highest BCUT2D eigenvalue weighted by Crippen LogP contribution is 2.20. The van der Waals surface area contributed by atoms with Crippen molar-refractivity contribution >= 4 is 34.2 Å². The van der Waals surface area contributed by atoms with E-state index < -0.39 is 5.97 Å². The zero-order valence-electron chi connectivity index (χ0n) is 11.4. The number of carbonyl (C=O) groups is 1. The summed E-state index contributed by atoms with van der Waals surface area (Å²) in [5.41, 5.74) is 9.43. The van der Waals surface area contributed by atoms with Crippen LogP contribution in [0.2, 0.25) is 5.02 Å². The molecule has 1 aromatic carbocycles. The fourth-order valence-corrected chi connectivity index (χ4v) is 2.00. The summed E-state index contributed by atoms with van der Waals surface area (Å²) >= 11 is 5.92. The number of aromatic nitrogens is 1. The van der Waals surface area contributed by atoms with Gasteiger partial charge in [-0.15, -0.1) is 0 Å². The highest BCUT2D eigenvalue weighted by molar-refractivity contribution is 6.31. The second-order valence-electron chi connectivity index (χ2n) is 4.19. The van der Waals surface area contributed by atoms with E-state index in [1.807, 2.05) is 6.07 Å². The largest absolute Gasteiger partial charge is 0.461 e. The maximum absolute atomic E-state index is 11.7. The molecule has 0 spiro atoms. The van der Waals surface area contributed by atoms with Gasteiger partial charge in [-0.3, -0.25) is 5.84 Å². The maximum atomic E-state index is 11.7. The van der Waals surface area contributed by atoms with Crippen LogP contribution in [0, 0.1) is 0 Å². The lowest BCUT2D eigenvalue weighted by Crippen LogP contribution is -2.31. The summed E-state index contributed by atoms with van der Waals surface area (Å²) in [7, 11) is 0. The van der Waals surface area contributed by atoms with Crippen LogP contribution in [0.5, 0.6) is 0 Å². The van der Waals surface area contributed by atoms with Crippen molar-refractivity contribution in [3.8, 4) is 0 Å². The van der Waals surface area contributed by atoms with Crippen LogP contribution < -0.4 is 17.0 Å². The van der Waals surface area contributed by atoms with Gasteiger partial charge in [-0.1, -0.05) is 17.7 Å². The Morgan fingerprint density at radius 3 is 2.81 bits per heavy atom. The minimum atomic E-state index is -0.629. The average Bonchev–Trinajstić information content (AvgIpc) is 2.47. The molecule has 0 saturated heterocycles. The van der Waals surface area contributed by atoms with Crippen molar-refractivity contribution in [2.75, 3.05) is 6.61 Å². The molecule has 0 radical (unpaired) electrons. The third-order valence-electron chi connectivity index (χ3n) is 2.82. The molecule has 0 aliphatic heterocycles. The quantitative estimate of drug-likeness (QED) is 0.343. The monoisotopic (exact) mass is 306 g/mol. The number of rotatable bonds is 4. The van der Waals surface area contributed by atoms with Crippen LogP contribution in [0.25, 0.3) is 16.6 Å². The molecular formula is C14H15ClN4O2. The van der Waals surface area contributed by atoms with Crippen LogP contribution in [0.15, 0.2) is 36.0 Å². The number of nitrogens with two attached hydrogens (primary N) is 2. The number of benzene rings is 1. The van der Waals surface area contributed by atoms with E-state index >= 15 is 0 Å². The molecule has 0 unspecified atom stereocenters. The summed E-state index contributed by atoms with van der Waals surface area (Å²) < 4.78 is 4.88. The fraction of sp³-hybridized carbons (Fsp3) is 0.143. The van der Waals surface area contributed by atoms with Gasteiger partial charge < -0.3 is 15.9 Å². The summed E-state index contributed by atoms with van der Waals surface area (Å²) in [6, 6.07) is 8.80. The van der Waals surface area contributed by atoms with E-state index in [2.05, 4.69) is 10.4 Å². The minimum absolute atomic E-state index is 0.0299. The van der Waals surface area contributed by atoms with E-state index in [0.29, 0.717) is 16.2 Å². The number of nitrogens with one attached hydrogen (secondary N) is 1. The summed E-state index contributed by atoms with van der Waals surface area (Å²) in [6.45, 7) is 1.92. The molecular weight excluding hydrogens is 292 g/mol. The number of esters is 1. The second kappa shape index (κ2) is 6.43. The van der Waals surface area contributed by atoms with Gasteiger partial charge in [0.05, 0.1) is 23.5 Å². The number of hydrogen-bond acceptors (Lipinski definition) is 6. The van der Waals surface area contributed by atoms with Gasteiger partial charge in [-0.2, -0.15) is 0 Å². The number of halogens is 1. The number of hydrazine groups is 1. The number of ether oxygens (including phenoxy) is 1. The Labute approximate surface area is 126 Å². The van der Waals surface area contributed by atoms with Gasteiger partial charge in [0.2, 0.25) is 0 Å². The van der Waals surface area contributed by atoms with Gasteiger partial charge in [0, 0.05) is 10.4 Å². The molecule has 0 bridgehead atoms. The Bertz CT molecular complexity index is 715. The molecule has 5 N–H and O–H groups in total. The first kappa shape index (κ1) is 15.1. The number of hydrogen-bond donors (Lipinski definition) is 3. The van der Waals surface area contributed by atoms with E-state index in [1.54, 1.807) is 31.2 Å². The van der Waals surface area contributed by atoms with Gasteiger partial charge in [0.1, 0.15) is 0 Å². The van der Waals surface area contributed by atoms with Crippen molar-refractivity contribution in [1.82, 2.24) is 10.4 Å². The molecule has 1 heterocycles. The van der Waals surface area contributed by atoms with Crippen LogP contribution in [-0.4, -0.2) is 17.6 Å². The van der Waals surface area contributed by atoms with Crippen molar-refractivity contribution in [3.63, 3.8) is 0 Å². The highest BCUT2D eigenvalue weighted by atomic mass is 35.5. The zero-order chi connectivity index (χ0) is 15.4. The van der Waals surface area contributed by atoms with Crippen LogP contribution in [-0.2, 0) is 9.53 Å². The van der Waals surface area contributed by atoms with Crippen molar-refractivity contribution in [3.05, 3.63) is 46.7 Å². The van der Waals surface area contributed by atoms with Gasteiger partial charge in [0.25, 0.3) is 0 Å². The summed E-state index contributed by atoms with van der Waals surface area (Å²) in [5, 5.41) is 1.49. The highest BCUT2D eigenvalue weighted by Gasteiger charge is 2.16. The van der Waals surface area contributed by atoms with Crippen LogP contribution in [0.1, 0.15) is 12.6 Å². The molecule has 0 amide bonds. The Hall–Kier alpha value is -2.31. The summed E-state index contributed by atoms with van der Waals surface area (Å²) in [4.78, 5) is 16.1. The van der Waals surface area contributed by atoms with Crippen LogP contribution in [0.4, 0.5) is 0 Å². The van der Waals surface area contributed by atoms with Gasteiger partial charge in [-0.05, 0) is 31.2 Å². The predicted octanol–water partition coefficient (Wildman–Crippen LogP) is 1.54. The summed E-state index contributed by atoms with van der Waals surface area (Å²) in [5.74, 6) is 4.71. The van der Waals surface area contributed by atoms with Crippen molar-refractivity contribution in [2.45, 2.75) is 6.92 Å². The Morgan fingerprint density at radius 2 is 2.14 bits per heavy atom. The topological polar surface area (TPSA) is 103 Å². The van der Waals surface area contributed by atoms with Crippen molar-refractivity contribution in [2.24, 2.45) is 11.6 Å². The predicted molar refractivity (Wildman–Crippen MR) is 81.8 cm³/mol. The van der Waals surface area contributed by atoms with Crippen molar-refractivity contribution < 1.29 is 9.53 Å². The molecule has 0 aliphatic rings. The Balaban J connectivity index is 2.48. The molecule has 0 fully saturated rings. The zero-order valence-corrected chi connectivity index (χ0v) is 12.1. The molecule has 0 saturated carbocycles. The molecule has 2 rings (SSSR count). The Morgan fingerprint density at radius 1 is 1.38 bits per heavy atom. The molecule has 6 nitrogen and oxygen atoms in total. The molecule has 1 aromatic heterocycles. The normalized spacial score (nSPS) is 12.0. The lowest BCUT2D eigenvalue weighted by atomic mass is 10.1. The minimum Gasteiger partial charge on any atom is -0.461 e. The first-order valence-electron chi connectivity index (χ1n) is 6.27. The van der Waals surface area contributed by atoms with Gasteiger partial charge in [-0.25, -0.2) is 9.78 Å². The lowest BCUT2D eigenvalue weighted by molar-refractivity contribution is -0.138. The average molecular weight is 307 g/mol. The van der Waals surface area contributed by atoms with Crippen LogP contribution in [0.3, 0.4) is 0 Å². The van der Waals surface area contributed by atoms with E-state index in [4.69, 9.17) is 27.9 Å². The number of fused-ring (bicyclic) bond motifs is 1. The maximum Gasteiger partial charge on any atom is 0.357 e. The number of nitrogens with zero attached hydrogens (tertiary/aromatic N) is 1. The van der Waals surface area contributed by atoms with Gasteiger partial charge in [0.15, 0.2) is 5.70 Å². The molecule has 0 atom stereocenters. The third kappa shape index (κ3) is 3.24. The molecule has 2 aromatic rings. The number of carbonyl (C=O) groups excluding carboxylic acids is 1. The lowest BCUT2D eigenvalue weighted by Gasteiger charge is -2.10. The standard InChI is InChI=1S/C14H15ClN4O2/c1-2-21-14(20)13(19-17)12(16)11-5-3-8-7-9(15)4-6-10(8)18-11/h3-7,19H,2,16-17H2,1H3/b13-12-. The van der Waals surface area contributed by atoms with Gasteiger partial charge >= 0.3 is 5.97 Å². The van der Waals surface area contributed by atoms with Crippen molar-refractivity contribution in [1.29, 1.82) is 0 Å². The smallest absolute Gasteiger partial charge is 0.357 e. The van der Waals surface area contributed by atoms with E-state index in [1.165, 1.54) is 0 Å². The van der Waals surface area contributed by atoms with E-state index in [-0.39, 0.29) is 18.0 Å². The van der Waals surface area contributed by atoms with E-state index in [9.17, 15) is 4.79 Å². The second-order valence-corrected chi connectivity index (χ2v) is 4.62. The molecule has 7 heteroatoms. The SMILES string of the molecule is CCOC(=O)/C(NN)=C(/N)c1ccc2cc(Cl)ccc2n1. The summed E-state index contributed by atoms with van der Waals surface area (Å²) in [6.07, 6.45) is 0.